The molecule has 0 aromatic heterocycles. The van der Waals surface area contributed by atoms with Crippen molar-refractivity contribution in [1.29, 1.82) is 0 Å². The molecule has 1 aliphatic heterocycles. The molecule has 1 aromatic rings. The molecule has 0 aliphatic carbocycles. The minimum Gasteiger partial charge on any atom is -0.318 e. The van der Waals surface area contributed by atoms with Gasteiger partial charge in [-0.2, -0.15) is 0 Å². The van der Waals surface area contributed by atoms with Crippen molar-refractivity contribution in [3.63, 3.8) is 0 Å². The van der Waals surface area contributed by atoms with Crippen LogP contribution in [0.5, 0.6) is 0 Å². The topological polar surface area (TPSA) is 117 Å². The number of nitro groups is 1. The number of nitrogens with one attached hydrogen (secondary N) is 2. The third-order valence-electron chi connectivity index (χ3n) is 3.37. The number of carbonyl (C=O) groups is 1. The van der Waals surface area contributed by atoms with E-state index < -0.39 is 4.92 Å². The fourth-order valence-corrected chi connectivity index (χ4v) is 2.08. The molecule has 0 bridgehead atoms. The number of hydrazine groups is 2. The highest BCUT2D eigenvalue weighted by Gasteiger charge is 2.19. The fraction of sp³-hybridized carbons (Fsp3) is 0.417. The first-order valence-electron chi connectivity index (χ1n) is 6.51. The van der Waals surface area contributed by atoms with Gasteiger partial charge in [0.2, 0.25) is 0 Å². The molecule has 1 fully saturated rings. The van der Waals surface area contributed by atoms with E-state index in [1.165, 1.54) is 18.2 Å². The summed E-state index contributed by atoms with van der Waals surface area (Å²) in [4.78, 5) is 24.6. The summed E-state index contributed by atoms with van der Waals surface area (Å²) in [6, 6.07) is 4.03. The number of likely N-dealkylation sites (N-methyl/N-ethyl adjacent to an activating group) is 1. The minimum atomic E-state index is -0.558. The zero-order valence-electron chi connectivity index (χ0n) is 11.7. The predicted molar refractivity (Wildman–Crippen MR) is 77.4 cm³/mol. The fourth-order valence-electron chi connectivity index (χ4n) is 2.08. The van der Waals surface area contributed by atoms with Crippen LogP contribution in [0, 0.1) is 10.1 Å². The van der Waals surface area contributed by atoms with E-state index in [0.29, 0.717) is 5.56 Å². The molecular formula is C12H18N6O3. The molecule has 4 N–H and O–H groups in total. The number of hydrogen-bond donors (Lipinski definition) is 3. The second-order valence-corrected chi connectivity index (χ2v) is 4.86. The van der Waals surface area contributed by atoms with Gasteiger partial charge < -0.3 is 10.3 Å². The van der Waals surface area contributed by atoms with Crippen LogP contribution in [0.2, 0.25) is 0 Å². The van der Waals surface area contributed by atoms with Gasteiger partial charge in [-0.3, -0.25) is 26.2 Å². The van der Waals surface area contributed by atoms with Crippen molar-refractivity contribution >= 4 is 17.3 Å². The van der Waals surface area contributed by atoms with Gasteiger partial charge in [0.1, 0.15) is 5.69 Å². The molecule has 0 atom stereocenters. The molecule has 1 aromatic carbocycles. The Balaban J connectivity index is 2.07. The van der Waals surface area contributed by atoms with Crippen molar-refractivity contribution in [2.75, 3.05) is 38.7 Å². The van der Waals surface area contributed by atoms with Gasteiger partial charge in [-0.1, -0.05) is 0 Å². The van der Waals surface area contributed by atoms with Crippen LogP contribution in [-0.4, -0.2) is 54.0 Å². The van der Waals surface area contributed by atoms with Crippen LogP contribution in [0.15, 0.2) is 18.2 Å². The molecule has 1 heterocycles. The second-order valence-electron chi connectivity index (χ2n) is 4.86. The lowest BCUT2D eigenvalue weighted by Gasteiger charge is -2.32. The van der Waals surface area contributed by atoms with Crippen molar-refractivity contribution in [3.8, 4) is 0 Å². The highest BCUT2D eigenvalue weighted by molar-refractivity contribution is 5.95. The van der Waals surface area contributed by atoms with E-state index in [4.69, 9.17) is 5.84 Å². The number of hydrogen-bond acceptors (Lipinski definition) is 7. The van der Waals surface area contributed by atoms with Gasteiger partial charge in [0.25, 0.3) is 11.6 Å². The molecule has 1 saturated heterocycles. The third kappa shape index (κ3) is 3.66. The first-order valence-corrected chi connectivity index (χ1v) is 6.51. The molecule has 0 spiro atoms. The molecule has 9 nitrogen and oxygen atoms in total. The van der Waals surface area contributed by atoms with Gasteiger partial charge in [0.15, 0.2) is 0 Å². The van der Waals surface area contributed by atoms with Crippen LogP contribution in [0.4, 0.5) is 11.4 Å². The molecular weight excluding hydrogens is 276 g/mol. The van der Waals surface area contributed by atoms with E-state index in [0.717, 1.165) is 26.2 Å². The van der Waals surface area contributed by atoms with Crippen molar-refractivity contribution in [2.24, 2.45) is 5.84 Å². The van der Waals surface area contributed by atoms with Gasteiger partial charge in [-0.15, -0.1) is 0 Å². The van der Waals surface area contributed by atoms with Gasteiger partial charge >= 0.3 is 0 Å². The van der Waals surface area contributed by atoms with E-state index >= 15 is 0 Å². The normalized spacial score (nSPS) is 16.5. The molecule has 2 rings (SSSR count). The highest BCUT2D eigenvalue weighted by Crippen LogP contribution is 2.24. The van der Waals surface area contributed by atoms with Crippen LogP contribution >= 0.6 is 0 Å². The SMILES string of the molecule is CN1CCN(NC(=O)c2ccc([N+](=O)[O-])c(NN)c2)CC1. The van der Waals surface area contributed by atoms with Gasteiger partial charge in [0.05, 0.1) is 4.92 Å². The summed E-state index contributed by atoms with van der Waals surface area (Å²) in [5.74, 6) is 4.94. The molecule has 21 heavy (non-hydrogen) atoms. The molecule has 114 valence electrons. The lowest BCUT2D eigenvalue weighted by molar-refractivity contribution is -0.384. The number of amides is 1. The van der Waals surface area contributed by atoms with E-state index in [9.17, 15) is 14.9 Å². The summed E-state index contributed by atoms with van der Waals surface area (Å²) in [6.07, 6.45) is 0. The first kappa shape index (κ1) is 15.2. The number of nitrogen functional groups attached to an aromatic ring is 1. The lowest BCUT2D eigenvalue weighted by Crippen LogP contribution is -2.52. The van der Waals surface area contributed by atoms with E-state index in [1.54, 1.807) is 0 Å². The standard InChI is InChI=1S/C12H18N6O3/c1-16-4-6-17(7-5-16)15-12(19)9-2-3-11(18(20)21)10(8-9)14-13/h2-3,8,14H,4-7,13H2,1H3,(H,15,19). The van der Waals surface area contributed by atoms with E-state index in [1.807, 2.05) is 12.1 Å². The maximum absolute atomic E-state index is 12.1. The molecule has 0 unspecified atom stereocenters. The van der Waals surface area contributed by atoms with Gasteiger partial charge in [0, 0.05) is 37.8 Å². The number of benzene rings is 1. The zero-order valence-corrected chi connectivity index (χ0v) is 11.7. The molecule has 1 aliphatic rings. The maximum atomic E-state index is 12.1. The monoisotopic (exact) mass is 294 g/mol. The molecule has 0 radical (unpaired) electrons. The lowest BCUT2D eigenvalue weighted by atomic mass is 10.1. The Labute approximate surface area is 121 Å². The molecule has 0 saturated carbocycles. The van der Waals surface area contributed by atoms with E-state index in [-0.39, 0.29) is 17.3 Å². The Morgan fingerprint density at radius 2 is 2.00 bits per heavy atom. The Morgan fingerprint density at radius 1 is 1.33 bits per heavy atom. The number of piperazine rings is 1. The molecule has 9 heteroatoms. The first-order chi connectivity index (χ1) is 10.0. The van der Waals surface area contributed by atoms with Gasteiger partial charge in [-0.05, 0) is 19.2 Å². The second kappa shape index (κ2) is 6.48. The summed E-state index contributed by atoms with van der Waals surface area (Å²) < 4.78 is 0. The Kier molecular flexibility index (Phi) is 4.68. The highest BCUT2D eigenvalue weighted by atomic mass is 16.6. The van der Waals surface area contributed by atoms with Crippen molar-refractivity contribution < 1.29 is 9.72 Å². The number of nitrogens with zero attached hydrogens (tertiary/aromatic N) is 3. The van der Waals surface area contributed by atoms with Crippen LogP contribution in [0.1, 0.15) is 10.4 Å². The average molecular weight is 294 g/mol. The van der Waals surface area contributed by atoms with Crippen molar-refractivity contribution in [2.45, 2.75) is 0 Å². The summed E-state index contributed by atoms with van der Waals surface area (Å²) in [5, 5.41) is 12.6. The van der Waals surface area contributed by atoms with Crippen LogP contribution in [0.25, 0.3) is 0 Å². The average Bonchev–Trinajstić information content (AvgIpc) is 2.48. The van der Waals surface area contributed by atoms with Crippen LogP contribution in [0.3, 0.4) is 0 Å². The summed E-state index contributed by atoms with van der Waals surface area (Å²) >= 11 is 0. The zero-order chi connectivity index (χ0) is 15.4. The summed E-state index contributed by atoms with van der Waals surface area (Å²) in [5.41, 5.74) is 5.27. The predicted octanol–water partition coefficient (Wildman–Crippen LogP) is -0.227. The number of anilines is 1. The third-order valence-corrected chi connectivity index (χ3v) is 3.37. The summed E-state index contributed by atoms with van der Waals surface area (Å²) in [7, 11) is 2.02. The number of rotatable bonds is 4. The maximum Gasteiger partial charge on any atom is 0.293 e. The smallest absolute Gasteiger partial charge is 0.293 e. The minimum absolute atomic E-state index is 0.103. The van der Waals surface area contributed by atoms with Crippen molar-refractivity contribution in [1.82, 2.24) is 15.3 Å². The Bertz CT molecular complexity index is 542. The Hall–Kier alpha value is -2.23. The van der Waals surface area contributed by atoms with Crippen LogP contribution < -0.4 is 16.7 Å². The Morgan fingerprint density at radius 3 is 2.57 bits per heavy atom. The largest absolute Gasteiger partial charge is 0.318 e. The molecule has 1 amide bonds. The van der Waals surface area contributed by atoms with Gasteiger partial charge in [-0.25, -0.2) is 5.01 Å². The summed E-state index contributed by atoms with van der Waals surface area (Å²) in [6.45, 7) is 3.21. The number of carbonyl (C=O) groups excluding carboxylic acids is 1. The van der Waals surface area contributed by atoms with E-state index in [2.05, 4.69) is 15.8 Å². The van der Waals surface area contributed by atoms with Crippen LogP contribution in [-0.2, 0) is 0 Å². The number of nitrogens with two attached hydrogens (primary N) is 1. The van der Waals surface area contributed by atoms with Crippen molar-refractivity contribution in [3.05, 3.63) is 33.9 Å². The quantitative estimate of drug-likeness (QED) is 0.399. The number of nitro benzene ring substituents is 1.